The number of hydrogen-bond donors (Lipinski definition) is 1. The average Bonchev–Trinajstić information content (AvgIpc) is 2.41. The second-order valence-corrected chi connectivity index (χ2v) is 4.41. The number of rotatable bonds is 4. The van der Waals surface area contributed by atoms with Gasteiger partial charge in [0.15, 0.2) is 0 Å². The van der Waals surface area contributed by atoms with E-state index < -0.39 is 10.7 Å². The molecule has 2 aromatic rings. The van der Waals surface area contributed by atoms with Gasteiger partial charge in [-0.05, 0) is 18.2 Å². The predicted octanol–water partition coefficient (Wildman–Crippen LogP) is 3.55. The van der Waals surface area contributed by atoms with E-state index in [1.165, 1.54) is 36.4 Å². The van der Waals surface area contributed by atoms with E-state index >= 15 is 0 Å². The van der Waals surface area contributed by atoms with E-state index in [1.807, 2.05) is 0 Å². The van der Waals surface area contributed by atoms with Crippen LogP contribution in [0.4, 0.5) is 15.8 Å². The van der Waals surface area contributed by atoms with Gasteiger partial charge in [0.1, 0.15) is 18.2 Å². The zero-order valence-corrected chi connectivity index (χ0v) is 10.9. The molecule has 0 saturated heterocycles. The van der Waals surface area contributed by atoms with Crippen LogP contribution >= 0.6 is 11.6 Å². The molecule has 2 rings (SSSR count). The molecule has 0 spiro atoms. The second kappa shape index (κ2) is 5.75. The minimum absolute atomic E-state index is 0.0233. The molecule has 2 N–H and O–H groups in total. The monoisotopic (exact) mass is 296 g/mol. The molecular formula is C13H10ClFN2O3. The summed E-state index contributed by atoms with van der Waals surface area (Å²) in [5.74, 6) is -0.198. The Morgan fingerprint density at radius 3 is 2.70 bits per heavy atom. The number of non-ortho nitro benzene ring substituents is 1. The lowest BCUT2D eigenvalue weighted by Gasteiger charge is -2.09. The summed E-state index contributed by atoms with van der Waals surface area (Å²) in [5.41, 5.74) is 6.50. The van der Waals surface area contributed by atoms with E-state index in [9.17, 15) is 14.5 Å². The van der Waals surface area contributed by atoms with Crippen LogP contribution in [0, 0.1) is 15.9 Å². The number of nitrogens with zero attached hydrogens (tertiary/aromatic N) is 1. The third-order valence-electron chi connectivity index (χ3n) is 2.62. The molecule has 0 fully saturated rings. The van der Waals surface area contributed by atoms with E-state index in [4.69, 9.17) is 22.1 Å². The Balaban J connectivity index is 2.15. The number of nitro groups is 1. The van der Waals surface area contributed by atoms with Crippen LogP contribution in [0.15, 0.2) is 36.4 Å². The quantitative estimate of drug-likeness (QED) is 0.531. The van der Waals surface area contributed by atoms with Crippen LogP contribution in [0.2, 0.25) is 5.02 Å². The molecule has 0 aliphatic rings. The van der Waals surface area contributed by atoms with Crippen LogP contribution in [0.1, 0.15) is 5.56 Å². The Bertz CT molecular complexity index is 664. The molecule has 0 heterocycles. The molecule has 7 heteroatoms. The van der Waals surface area contributed by atoms with Crippen LogP contribution in [0.3, 0.4) is 0 Å². The van der Waals surface area contributed by atoms with Crippen molar-refractivity contribution < 1.29 is 14.1 Å². The average molecular weight is 297 g/mol. The van der Waals surface area contributed by atoms with Crippen molar-refractivity contribution in [3.8, 4) is 5.75 Å². The lowest BCUT2D eigenvalue weighted by atomic mass is 10.1. The second-order valence-electron chi connectivity index (χ2n) is 4.00. The van der Waals surface area contributed by atoms with Gasteiger partial charge in [-0.2, -0.15) is 0 Å². The summed E-state index contributed by atoms with van der Waals surface area (Å²) in [4.78, 5) is 10.2. The zero-order valence-electron chi connectivity index (χ0n) is 10.2. The van der Waals surface area contributed by atoms with E-state index in [2.05, 4.69) is 0 Å². The van der Waals surface area contributed by atoms with Gasteiger partial charge in [0, 0.05) is 29.4 Å². The van der Waals surface area contributed by atoms with E-state index in [-0.39, 0.29) is 17.3 Å². The van der Waals surface area contributed by atoms with E-state index in [1.54, 1.807) is 0 Å². The van der Waals surface area contributed by atoms with E-state index in [0.717, 1.165) is 0 Å². The molecule has 0 amide bonds. The number of hydrogen-bond acceptors (Lipinski definition) is 4. The van der Waals surface area contributed by atoms with Gasteiger partial charge in [0.2, 0.25) is 0 Å². The highest BCUT2D eigenvalue weighted by Gasteiger charge is 2.10. The number of anilines is 1. The molecule has 0 unspecified atom stereocenters. The summed E-state index contributed by atoms with van der Waals surface area (Å²) >= 11 is 5.62. The number of ether oxygens (including phenoxy) is 1. The van der Waals surface area contributed by atoms with Gasteiger partial charge in [-0.1, -0.05) is 11.6 Å². The van der Waals surface area contributed by atoms with Gasteiger partial charge in [-0.3, -0.25) is 10.1 Å². The smallest absolute Gasteiger partial charge is 0.269 e. The molecule has 0 radical (unpaired) electrons. The summed E-state index contributed by atoms with van der Waals surface area (Å²) in [7, 11) is 0. The van der Waals surface area contributed by atoms with Crippen molar-refractivity contribution in [2.45, 2.75) is 6.61 Å². The van der Waals surface area contributed by atoms with Gasteiger partial charge in [-0.15, -0.1) is 0 Å². The number of halogens is 2. The molecule has 0 atom stereocenters. The van der Waals surface area contributed by atoms with Crippen LogP contribution in [-0.4, -0.2) is 4.92 Å². The van der Waals surface area contributed by atoms with Crippen molar-refractivity contribution in [3.05, 3.63) is 62.9 Å². The normalized spacial score (nSPS) is 10.3. The van der Waals surface area contributed by atoms with Crippen molar-refractivity contribution in [2.24, 2.45) is 0 Å². The summed E-state index contributed by atoms with van der Waals surface area (Å²) in [6.07, 6.45) is 0. The highest BCUT2D eigenvalue weighted by molar-refractivity contribution is 6.30. The van der Waals surface area contributed by atoms with Crippen molar-refractivity contribution in [1.82, 2.24) is 0 Å². The third-order valence-corrected chi connectivity index (χ3v) is 2.91. The third kappa shape index (κ3) is 3.16. The maximum Gasteiger partial charge on any atom is 0.269 e. The van der Waals surface area contributed by atoms with Crippen molar-refractivity contribution in [1.29, 1.82) is 0 Å². The van der Waals surface area contributed by atoms with Gasteiger partial charge < -0.3 is 10.5 Å². The predicted molar refractivity (Wildman–Crippen MR) is 73.3 cm³/mol. The highest BCUT2D eigenvalue weighted by atomic mass is 35.5. The van der Waals surface area contributed by atoms with Crippen LogP contribution < -0.4 is 10.5 Å². The Kier molecular flexibility index (Phi) is 4.05. The lowest BCUT2D eigenvalue weighted by Crippen LogP contribution is -2.01. The number of benzene rings is 2. The van der Waals surface area contributed by atoms with Gasteiger partial charge in [-0.25, -0.2) is 4.39 Å². The lowest BCUT2D eigenvalue weighted by molar-refractivity contribution is -0.384. The fraction of sp³-hybridized carbons (Fsp3) is 0.0769. The summed E-state index contributed by atoms with van der Waals surface area (Å²) < 4.78 is 18.4. The first-order valence-electron chi connectivity index (χ1n) is 5.58. The zero-order chi connectivity index (χ0) is 14.7. The highest BCUT2D eigenvalue weighted by Crippen LogP contribution is 2.24. The topological polar surface area (TPSA) is 78.4 Å². The minimum Gasteiger partial charge on any atom is -0.489 e. The first kappa shape index (κ1) is 14.1. The Morgan fingerprint density at radius 2 is 2.05 bits per heavy atom. The largest absolute Gasteiger partial charge is 0.489 e. The van der Waals surface area contributed by atoms with Gasteiger partial charge >= 0.3 is 0 Å². The first-order valence-corrected chi connectivity index (χ1v) is 5.96. The Labute approximate surface area is 118 Å². The minimum atomic E-state index is -0.547. The molecule has 0 saturated carbocycles. The molecular weight excluding hydrogens is 287 g/mol. The maximum absolute atomic E-state index is 13.0. The summed E-state index contributed by atoms with van der Waals surface area (Å²) in [5, 5.41) is 10.6. The molecule has 2 aromatic carbocycles. The fourth-order valence-corrected chi connectivity index (χ4v) is 1.73. The summed E-state index contributed by atoms with van der Waals surface area (Å²) in [6, 6.07) is 8.00. The number of nitrogen functional groups attached to an aromatic ring is 1. The number of nitro benzene ring substituents is 1. The van der Waals surface area contributed by atoms with Gasteiger partial charge in [0.25, 0.3) is 5.69 Å². The Hall–Kier alpha value is -2.34. The van der Waals surface area contributed by atoms with Gasteiger partial charge in [0.05, 0.1) is 9.95 Å². The fourth-order valence-electron chi connectivity index (χ4n) is 1.56. The molecule has 0 aromatic heterocycles. The molecule has 104 valence electrons. The molecule has 0 aliphatic carbocycles. The van der Waals surface area contributed by atoms with Crippen LogP contribution in [0.25, 0.3) is 0 Å². The molecule has 0 aliphatic heterocycles. The van der Waals surface area contributed by atoms with Crippen molar-refractivity contribution in [3.63, 3.8) is 0 Å². The van der Waals surface area contributed by atoms with Crippen molar-refractivity contribution in [2.75, 3.05) is 5.73 Å². The standard InChI is InChI=1S/C13H10ClFN2O3/c14-11-6-10(2-3-12(11)15)20-7-8-5-9(17(18)19)1-4-13(8)16/h1-6H,7,16H2. The molecule has 20 heavy (non-hydrogen) atoms. The maximum atomic E-state index is 13.0. The van der Waals surface area contributed by atoms with Crippen LogP contribution in [-0.2, 0) is 6.61 Å². The SMILES string of the molecule is Nc1ccc([N+](=O)[O-])cc1COc1ccc(F)c(Cl)c1. The molecule has 5 nitrogen and oxygen atoms in total. The van der Waals surface area contributed by atoms with Crippen molar-refractivity contribution >= 4 is 23.0 Å². The summed E-state index contributed by atoms with van der Waals surface area (Å²) in [6.45, 7) is 0.0233. The van der Waals surface area contributed by atoms with Crippen LogP contribution in [0.5, 0.6) is 5.75 Å². The first-order chi connectivity index (χ1) is 9.47. The Morgan fingerprint density at radius 1 is 1.30 bits per heavy atom. The van der Waals surface area contributed by atoms with E-state index in [0.29, 0.717) is 17.0 Å². The number of nitrogens with two attached hydrogens (primary N) is 1. The molecule has 0 bridgehead atoms.